The van der Waals surface area contributed by atoms with E-state index in [9.17, 15) is 19.8 Å². The predicted octanol–water partition coefficient (Wildman–Crippen LogP) is 5.68. The molecule has 1 aliphatic heterocycles. The first kappa shape index (κ1) is 31.3. The molecule has 0 aromatic heterocycles. The van der Waals surface area contributed by atoms with E-state index in [1.807, 2.05) is 0 Å². The smallest absolute Gasteiger partial charge is 0.303 e. The topological polar surface area (TPSA) is 102 Å². The molecule has 5 aliphatic rings. The molecule has 234 valence electrons. The molecule has 5 fully saturated rings. The van der Waals surface area contributed by atoms with E-state index in [1.165, 1.54) is 20.3 Å². The number of fused-ring (bicyclic) bond motifs is 1. The molecule has 4 aliphatic carbocycles. The second-order valence-corrected chi connectivity index (χ2v) is 15.9. The number of carbonyl (C=O) groups is 2. The van der Waals surface area contributed by atoms with Crippen LogP contribution in [-0.4, -0.2) is 58.3 Å². The molecule has 2 N–H and O–H groups in total. The van der Waals surface area contributed by atoms with Gasteiger partial charge in [-0.2, -0.15) is 0 Å². The number of hydrogen-bond donors (Lipinski definition) is 2. The Kier molecular flexibility index (Phi) is 7.98. The van der Waals surface area contributed by atoms with Crippen LogP contribution in [0.5, 0.6) is 0 Å². The summed E-state index contributed by atoms with van der Waals surface area (Å²) >= 11 is 0. The quantitative estimate of drug-likeness (QED) is 0.415. The third-order valence-corrected chi connectivity index (χ3v) is 13.3. The molecule has 13 atom stereocenters. The molecule has 7 nitrogen and oxygen atoms in total. The van der Waals surface area contributed by atoms with Crippen molar-refractivity contribution in [3.63, 3.8) is 0 Å². The summed E-state index contributed by atoms with van der Waals surface area (Å²) in [6.07, 6.45) is 5.89. The molecule has 0 radical (unpaired) electrons. The zero-order valence-corrected chi connectivity index (χ0v) is 26.9. The SMILES string of the molecule is CC(=O)OC(C1CC(C)C2CCCC34C(CCC5C(C)(C)C(OC(C)=O)CCC53C4C)C(C)C(O)C2O1)C(C)(C)O. The fourth-order valence-corrected chi connectivity index (χ4v) is 11.7. The Morgan fingerprint density at radius 2 is 1.66 bits per heavy atom. The molecule has 41 heavy (non-hydrogen) atoms. The number of esters is 2. The monoisotopic (exact) mass is 576 g/mol. The lowest BCUT2D eigenvalue weighted by molar-refractivity contribution is -0.227. The maximum absolute atomic E-state index is 12.1. The van der Waals surface area contributed by atoms with Gasteiger partial charge in [-0.1, -0.05) is 41.0 Å². The van der Waals surface area contributed by atoms with E-state index >= 15 is 0 Å². The van der Waals surface area contributed by atoms with Crippen LogP contribution in [0.4, 0.5) is 0 Å². The molecule has 5 rings (SSSR count). The van der Waals surface area contributed by atoms with Crippen molar-refractivity contribution < 1.29 is 34.0 Å². The lowest BCUT2D eigenvalue weighted by atomic mass is 9.50. The van der Waals surface area contributed by atoms with Crippen LogP contribution < -0.4 is 0 Å². The number of rotatable bonds is 4. The molecule has 0 amide bonds. The van der Waals surface area contributed by atoms with E-state index in [4.69, 9.17) is 14.2 Å². The highest BCUT2D eigenvalue weighted by Gasteiger charge is 2.82. The molecule has 0 bridgehead atoms. The van der Waals surface area contributed by atoms with Crippen LogP contribution >= 0.6 is 0 Å². The van der Waals surface area contributed by atoms with Crippen LogP contribution in [0, 0.1) is 51.8 Å². The van der Waals surface area contributed by atoms with Gasteiger partial charge in [0.2, 0.25) is 0 Å². The fourth-order valence-electron chi connectivity index (χ4n) is 11.7. The maximum Gasteiger partial charge on any atom is 0.303 e. The van der Waals surface area contributed by atoms with Gasteiger partial charge >= 0.3 is 11.9 Å². The van der Waals surface area contributed by atoms with Gasteiger partial charge in [-0.15, -0.1) is 0 Å². The van der Waals surface area contributed by atoms with Crippen molar-refractivity contribution in [2.45, 2.75) is 150 Å². The standard InChI is InChI=1S/C34H56O7/c1-18-17-25(30(32(8,9)38)40-22(5)36)41-29-23(18)11-10-15-33-20(3)34(33)16-14-27(39-21(4)35)31(6,7)26(34)13-12-24(33)19(2)28(29)37/h18-20,23-30,37-38H,10-17H2,1-9H3. The predicted molar refractivity (Wildman–Crippen MR) is 156 cm³/mol. The zero-order chi connectivity index (χ0) is 30.3. The van der Waals surface area contributed by atoms with Crippen molar-refractivity contribution in [2.75, 3.05) is 0 Å². The van der Waals surface area contributed by atoms with Crippen molar-refractivity contribution in [3.8, 4) is 0 Å². The molecule has 1 heterocycles. The van der Waals surface area contributed by atoms with Crippen LogP contribution in [0.2, 0.25) is 0 Å². The Bertz CT molecular complexity index is 1020. The first-order valence-corrected chi connectivity index (χ1v) is 16.4. The average molecular weight is 577 g/mol. The van der Waals surface area contributed by atoms with E-state index in [-0.39, 0.29) is 52.2 Å². The molecule has 7 heteroatoms. The Morgan fingerprint density at radius 1 is 0.976 bits per heavy atom. The largest absolute Gasteiger partial charge is 0.462 e. The summed E-state index contributed by atoms with van der Waals surface area (Å²) < 4.78 is 18.3. The molecule has 0 aromatic carbocycles. The molecule has 1 saturated heterocycles. The summed E-state index contributed by atoms with van der Waals surface area (Å²) in [6.45, 7) is 17.8. The lowest BCUT2D eigenvalue weighted by Crippen LogP contribution is -2.57. The van der Waals surface area contributed by atoms with Gasteiger partial charge in [0.15, 0.2) is 6.10 Å². The molecule has 0 aromatic rings. The second-order valence-electron chi connectivity index (χ2n) is 15.9. The summed E-state index contributed by atoms with van der Waals surface area (Å²) in [5.41, 5.74) is -0.906. The number of aliphatic hydroxyl groups is 2. The van der Waals surface area contributed by atoms with Crippen molar-refractivity contribution in [1.29, 1.82) is 0 Å². The van der Waals surface area contributed by atoms with Crippen molar-refractivity contribution in [1.82, 2.24) is 0 Å². The Hall–Kier alpha value is -1.18. The van der Waals surface area contributed by atoms with E-state index in [2.05, 4.69) is 34.6 Å². The van der Waals surface area contributed by atoms with Crippen molar-refractivity contribution in [3.05, 3.63) is 0 Å². The minimum atomic E-state index is -1.26. The fraction of sp³-hybridized carbons (Fsp3) is 0.941. The van der Waals surface area contributed by atoms with Gasteiger partial charge < -0.3 is 24.4 Å². The molecule has 13 unspecified atom stereocenters. The van der Waals surface area contributed by atoms with Crippen molar-refractivity contribution in [2.24, 2.45) is 51.8 Å². The molecule has 2 spiro atoms. The second kappa shape index (κ2) is 10.5. The van der Waals surface area contributed by atoms with Crippen LogP contribution in [0.1, 0.15) is 114 Å². The maximum atomic E-state index is 12.1. The van der Waals surface area contributed by atoms with Gasteiger partial charge in [0.05, 0.1) is 23.9 Å². The van der Waals surface area contributed by atoms with E-state index < -0.39 is 29.9 Å². The van der Waals surface area contributed by atoms with Gasteiger partial charge in [-0.05, 0) is 105 Å². The minimum absolute atomic E-state index is 0.0358. The first-order chi connectivity index (χ1) is 19.0. The van der Waals surface area contributed by atoms with Gasteiger partial charge in [0, 0.05) is 19.3 Å². The number of carbonyl (C=O) groups excluding carboxylic acids is 2. The zero-order valence-electron chi connectivity index (χ0n) is 26.9. The van der Waals surface area contributed by atoms with Crippen LogP contribution in [-0.2, 0) is 23.8 Å². The Labute approximate surface area is 247 Å². The highest BCUT2D eigenvalue weighted by molar-refractivity contribution is 5.66. The van der Waals surface area contributed by atoms with E-state index in [1.54, 1.807) is 13.8 Å². The highest BCUT2D eigenvalue weighted by atomic mass is 16.6. The summed E-state index contributed by atoms with van der Waals surface area (Å²) in [4.78, 5) is 23.9. The first-order valence-electron chi connectivity index (χ1n) is 16.4. The molecule has 4 saturated carbocycles. The summed E-state index contributed by atoms with van der Waals surface area (Å²) in [7, 11) is 0. The molecular formula is C34H56O7. The van der Waals surface area contributed by atoms with Gasteiger partial charge in [-0.25, -0.2) is 0 Å². The van der Waals surface area contributed by atoms with E-state index in [0.29, 0.717) is 24.2 Å². The third-order valence-electron chi connectivity index (χ3n) is 13.3. The third kappa shape index (κ3) is 4.70. The van der Waals surface area contributed by atoms with E-state index in [0.717, 1.165) is 38.5 Å². The van der Waals surface area contributed by atoms with Gasteiger partial charge in [0.1, 0.15) is 6.10 Å². The highest BCUT2D eigenvalue weighted by Crippen LogP contribution is 2.87. The summed E-state index contributed by atoms with van der Waals surface area (Å²) in [5.74, 6) is 1.43. The average Bonchev–Trinajstić information content (AvgIpc) is 3.38. The van der Waals surface area contributed by atoms with Crippen LogP contribution in [0.15, 0.2) is 0 Å². The Morgan fingerprint density at radius 3 is 2.27 bits per heavy atom. The van der Waals surface area contributed by atoms with Gasteiger partial charge in [-0.3, -0.25) is 9.59 Å². The number of ether oxygens (including phenoxy) is 3. The molecular weight excluding hydrogens is 520 g/mol. The normalized spacial score (nSPS) is 48.0. The summed E-state index contributed by atoms with van der Waals surface area (Å²) in [6, 6.07) is 0. The summed E-state index contributed by atoms with van der Waals surface area (Å²) in [5, 5.41) is 23.1. The lowest BCUT2D eigenvalue weighted by Gasteiger charge is -2.56. The van der Waals surface area contributed by atoms with Crippen LogP contribution in [0.3, 0.4) is 0 Å². The number of aliphatic hydroxyl groups excluding tert-OH is 1. The minimum Gasteiger partial charge on any atom is -0.462 e. The van der Waals surface area contributed by atoms with Gasteiger partial charge in [0.25, 0.3) is 0 Å². The van der Waals surface area contributed by atoms with Crippen LogP contribution in [0.25, 0.3) is 0 Å². The van der Waals surface area contributed by atoms with Crippen molar-refractivity contribution >= 4 is 11.9 Å². The number of hydrogen-bond acceptors (Lipinski definition) is 7. The Balaban J connectivity index is 1.44.